The lowest BCUT2D eigenvalue weighted by molar-refractivity contribution is 0.274. The predicted molar refractivity (Wildman–Crippen MR) is 79.6 cm³/mol. The fraction of sp³-hybridized carbons (Fsp3) is 0.294. The van der Waals surface area contributed by atoms with Gasteiger partial charge in [0.15, 0.2) is 0 Å². The van der Waals surface area contributed by atoms with Crippen LogP contribution >= 0.6 is 0 Å². The van der Waals surface area contributed by atoms with Crippen LogP contribution in [-0.4, -0.2) is 4.90 Å². The Kier molecular flexibility index (Phi) is 3.26. The minimum atomic E-state index is 0.870. The second-order valence-corrected chi connectivity index (χ2v) is 5.30. The van der Waals surface area contributed by atoms with Crippen LogP contribution in [0.5, 0.6) is 0 Å². The molecule has 0 atom stereocenters. The molecule has 1 aliphatic rings. The average molecular weight is 252 g/mol. The van der Waals surface area contributed by atoms with Crippen LogP contribution in [0.1, 0.15) is 29.2 Å². The molecule has 2 N–H and O–H groups in total. The summed E-state index contributed by atoms with van der Waals surface area (Å²) in [6, 6.07) is 15.0. The third kappa shape index (κ3) is 2.49. The minimum absolute atomic E-state index is 0.870. The maximum absolute atomic E-state index is 5.86. The van der Waals surface area contributed by atoms with Crippen LogP contribution in [0.3, 0.4) is 0 Å². The lowest BCUT2D eigenvalue weighted by Gasteiger charge is -2.17. The van der Waals surface area contributed by atoms with E-state index in [0.29, 0.717) is 0 Å². The van der Waals surface area contributed by atoms with Crippen molar-refractivity contribution in [2.45, 2.75) is 33.0 Å². The second-order valence-electron chi connectivity index (χ2n) is 5.30. The molecule has 0 bridgehead atoms. The minimum Gasteiger partial charge on any atom is -0.399 e. The first kappa shape index (κ1) is 12.2. The normalized spacial score (nSPS) is 14.6. The highest BCUT2D eigenvalue weighted by molar-refractivity contribution is 5.46. The van der Waals surface area contributed by atoms with E-state index >= 15 is 0 Å². The highest BCUT2D eigenvalue weighted by Crippen LogP contribution is 2.26. The standard InChI is InChI=1S/C17H20N2/c1-2-13-5-3-4-6-14(13)10-19-11-15-7-8-17(18)9-16(15)12-19/h3-9H,2,10-12,18H2,1H3. The van der Waals surface area contributed by atoms with E-state index in [0.717, 1.165) is 31.7 Å². The summed E-state index contributed by atoms with van der Waals surface area (Å²) in [6.45, 7) is 5.29. The molecule has 19 heavy (non-hydrogen) atoms. The summed E-state index contributed by atoms with van der Waals surface area (Å²) in [5, 5.41) is 0. The fourth-order valence-corrected chi connectivity index (χ4v) is 2.89. The fourth-order valence-electron chi connectivity index (χ4n) is 2.89. The van der Waals surface area contributed by atoms with Crippen LogP contribution in [0.4, 0.5) is 5.69 Å². The van der Waals surface area contributed by atoms with Crippen molar-refractivity contribution < 1.29 is 0 Å². The number of hydrogen-bond donors (Lipinski definition) is 1. The van der Waals surface area contributed by atoms with Gasteiger partial charge in [0, 0.05) is 25.3 Å². The first-order valence-electron chi connectivity index (χ1n) is 6.92. The van der Waals surface area contributed by atoms with E-state index in [1.54, 1.807) is 0 Å². The molecule has 0 aromatic heterocycles. The van der Waals surface area contributed by atoms with Crippen LogP contribution in [0.2, 0.25) is 0 Å². The van der Waals surface area contributed by atoms with Crippen molar-refractivity contribution in [2.75, 3.05) is 5.73 Å². The Morgan fingerprint density at radius 2 is 1.74 bits per heavy atom. The number of hydrogen-bond acceptors (Lipinski definition) is 2. The quantitative estimate of drug-likeness (QED) is 0.849. The zero-order valence-corrected chi connectivity index (χ0v) is 11.4. The van der Waals surface area contributed by atoms with Gasteiger partial charge >= 0.3 is 0 Å². The largest absolute Gasteiger partial charge is 0.399 e. The molecule has 0 fully saturated rings. The van der Waals surface area contributed by atoms with Crippen LogP contribution in [0.25, 0.3) is 0 Å². The van der Waals surface area contributed by atoms with Gasteiger partial charge in [-0.25, -0.2) is 0 Å². The van der Waals surface area contributed by atoms with E-state index in [1.165, 1.54) is 22.3 Å². The molecule has 2 heteroatoms. The summed E-state index contributed by atoms with van der Waals surface area (Å²) in [5.41, 5.74) is 12.4. The number of nitrogens with zero attached hydrogens (tertiary/aromatic N) is 1. The molecule has 1 aliphatic heterocycles. The zero-order chi connectivity index (χ0) is 13.2. The maximum atomic E-state index is 5.86. The Hall–Kier alpha value is -1.80. The smallest absolute Gasteiger partial charge is 0.0317 e. The Morgan fingerprint density at radius 1 is 1.00 bits per heavy atom. The van der Waals surface area contributed by atoms with Crippen molar-refractivity contribution in [3.8, 4) is 0 Å². The maximum Gasteiger partial charge on any atom is 0.0317 e. The van der Waals surface area contributed by atoms with Gasteiger partial charge in [0.25, 0.3) is 0 Å². The summed E-state index contributed by atoms with van der Waals surface area (Å²) in [4.78, 5) is 2.48. The SMILES string of the molecule is CCc1ccccc1CN1Cc2ccc(N)cc2C1. The number of nitrogen functional groups attached to an aromatic ring is 1. The van der Waals surface area contributed by atoms with Crippen molar-refractivity contribution >= 4 is 5.69 Å². The van der Waals surface area contributed by atoms with Gasteiger partial charge in [-0.15, -0.1) is 0 Å². The van der Waals surface area contributed by atoms with Crippen molar-refractivity contribution in [1.29, 1.82) is 0 Å². The number of anilines is 1. The molecule has 1 heterocycles. The summed E-state index contributed by atoms with van der Waals surface area (Å²) in [5.74, 6) is 0. The predicted octanol–water partition coefficient (Wildman–Crippen LogP) is 3.35. The van der Waals surface area contributed by atoms with Gasteiger partial charge < -0.3 is 5.73 Å². The van der Waals surface area contributed by atoms with E-state index in [4.69, 9.17) is 5.73 Å². The Labute approximate surface area is 114 Å². The second kappa shape index (κ2) is 5.06. The summed E-state index contributed by atoms with van der Waals surface area (Å²) < 4.78 is 0. The molecule has 98 valence electrons. The third-order valence-corrected chi connectivity index (χ3v) is 3.91. The van der Waals surface area contributed by atoms with E-state index in [-0.39, 0.29) is 0 Å². The molecule has 2 aromatic carbocycles. The number of aryl methyl sites for hydroxylation is 1. The highest BCUT2D eigenvalue weighted by Gasteiger charge is 2.19. The van der Waals surface area contributed by atoms with Crippen molar-refractivity contribution in [2.24, 2.45) is 0 Å². The average Bonchev–Trinajstić information content (AvgIpc) is 2.80. The molecule has 3 rings (SSSR count). The van der Waals surface area contributed by atoms with Crippen molar-refractivity contribution in [3.05, 3.63) is 64.7 Å². The Balaban J connectivity index is 1.77. The molecule has 0 unspecified atom stereocenters. The molecule has 0 saturated carbocycles. The van der Waals surface area contributed by atoms with E-state index < -0.39 is 0 Å². The van der Waals surface area contributed by atoms with Gasteiger partial charge in [-0.2, -0.15) is 0 Å². The zero-order valence-electron chi connectivity index (χ0n) is 11.4. The molecule has 0 radical (unpaired) electrons. The van der Waals surface area contributed by atoms with Gasteiger partial charge in [-0.1, -0.05) is 37.3 Å². The van der Waals surface area contributed by atoms with Gasteiger partial charge in [0.05, 0.1) is 0 Å². The van der Waals surface area contributed by atoms with Gasteiger partial charge in [0.1, 0.15) is 0 Å². The number of rotatable bonds is 3. The third-order valence-electron chi connectivity index (χ3n) is 3.91. The van der Waals surface area contributed by atoms with Crippen LogP contribution in [0, 0.1) is 0 Å². The lowest BCUT2D eigenvalue weighted by Crippen LogP contribution is -2.16. The number of fused-ring (bicyclic) bond motifs is 1. The highest BCUT2D eigenvalue weighted by atomic mass is 15.1. The molecule has 2 aromatic rings. The first-order valence-corrected chi connectivity index (χ1v) is 6.92. The summed E-state index contributed by atoms with van der Waals surface area (Å²) >= 11 is 0. The van der Waals surface area contributed by atoms with Crippen molar-refractivity contribution in [3.63, 3.8) is 0 Å². The summed E-state index contributed by atoms with van der Waals surface area (Å²) in [7, 11) is 0. The van der Waals surface area contributed by atoms with Crippen LogP contribution in [0.15, 0.2) is 42.5 Å². The Morgan fingerprint density at radius 3 is 2.53 bits per heavy atom. The van der Waals surface area contributed by atoms with Gasteiger partial charge in [-0.3, -0.25) is 4.90 Å². The molecular formula is C17H20N2. The topological polar surface area (TPSA) is 29.3 Å². The number of nitrogens with two attached hydrogens (primary N) is 1. The van der Waals surface area contributed by atoms with E-state index in [9.17, 15) is 0 Å². The molecule has 2 nitrogen and oxygen atoms in total. The molecule has 0 saturated heterocycles. The molecule has 0 spiro atoms. The summed E-state index contributed by atoms with van der Waals surface area (Å²) in [6.07, 6.45) is 1.10. The first-order chi connectivity index (χ1) is 9.26. The van der Waals surface area contributed by atoms with Gasteiger partial charge in [0.2, 0.25) is 0 Å². The lowest BCUT2D eigenvalue weighted by atomic mass is 10.1. The molecule has 0 aliphatic carbocycles. The number of benzene rings is 2. The monoisotopic (exact) mass is 252 g/mol. The Bertz CT molecular complexity index is 590. The van der Waals surface area contributed by atoms with Gasteiger partial charge in [-0.05, 0) is 40.8 Å². The molecular weight excluding hydrogens is 232 g/mol. The van der Waals surface area contributed by atoms with Crippen LogP contribution < -0.4 is 5.73 Å². The molecule has 0 amide bonds. The van der Waals surface area contributed by atoms with Crippen molar-refractivity contribution in [1.82, 2.24) is 4.90 Å². The van der Waals surface area contributed by atoms with Crippen LogP contribution in [-0.2, 0) is 26.1 Å². The van der Waals surface area contributed by atoms with E-state index in [2.05, 4.69) is 48.2 Å². The van der Waals surface area contributed by atoms with E-state index in [1.807, 2.05) is 6.07 Å².